The number of aliphatic imine (C=N–C) groups is 1. The number of hydrogen-bond donors (Lipinski definition) is 2. The van der Waals surface area contributed by atoms with Gasteiger partial charge in [0.05, 0.1) is 13.1 Å². The summed E-state index contributed by atoms with van der Waals surface area (Å²) in [4.78, 5) is 7.18. The molecule has 4 rings (SSSR count). The molecule has 1 fully saturated rings. The maximum absolute atomic E-state index is 4.73. The van der Waals surface area contributed by atoms with E-state index in [1.165, 1.54) is 22.8 Å². The molecule has 2 aromatic heterocycles. The summed E-state index contributed by atoms with van der Waals surface area (Å²) in [7, 11) is 0. The molecule has 0 aliphatic carbocycles. The summed E-state index contributed by atoms with van der Waals surface area (Å²) in [5.41, 5.74) is 3.35. The van der Waals surface area contributed by atoms with Crippen LogP contribution in [0.3, 0.4) is 0 Å². The third kappa shape index (κ3) is 5.78. The number of pyridine rings is 1. The van der Waals surface area contributed by atoms with Crippen LogP contribution in [0.15, 0.2) is 53.7 Å². The molecule has 0 spiro atoms. The normalized spacial score (nSPS) is 14.4. The topological polar surface area (TPSA) is 69.8 Å². The minimum Gasteiger partial charge on any atom is -0.370 e. The van der Waals surface area contributed by atoms with Crippen molar-refractivity contribution in [3.05, 3.63) is 60.0 Å². The molecule has 1 aromatic carbocycles. The van der Waals surface area contributed by atoms with Crippen molar-refractivity contribution < 1.29 is 0 Å². The molecule has 0 saturated carbocycles. The first-order valence-electron chi connectivity index (χ1n) is 10.1. The molecule has 30 heavy (non-hydrogen) atoms. The molecular weight excluding hydrogens is 509 g/mol. The first-order chi connectivity index (χ1) is 14.3. The number of guanidine groups is 1. The number of nitrogens with one attached hydrogen (secondary N) is 2. The van der Waals surface area contributed by atoms with Crippen LogP contribution in [0.25, 0.3) is 5.65 Å². The largest absolute Gasteiger partial charge is 0.370 e. The monoisotopic (exact) mass is 537 g/mol. The van der Waals surface area contributed by atoms with Gasteiger partial charge in [-0.05, 0) is 36.8 Å². The molecule has 0 unspecified atom stereocenters. The van der Waals surface area contributed by atoms with Crippen LogP contribution in [0.5, 0.6) is 0 Å². The van der Waals surface area contributed by atoms with E-state index in [-0.39, 0.29) is 24.0 Å². The van der Waals surface area contributed by atoms with E-state index >= 15 is 0 Å². The van der Waals surface area contributed by atoms with Gasteiger partial charge >= 0.3 is 0 Å². The van der Waals surface area contributed by atoms with E-state index in [0.717, 1.165) is 37.1 Å². The maximum atomic E-state index is 4.73. The predicted molar refractivity (Wildman–Crippen MR) is 136 cm³/mol. The zero-order valence-electron chi connectivity index (χ0n) is 17.1. The fraction of sp³-hybridized carbons (Fsp3) is 0.381. The second-order valence-corrected chi connectivity index (χ2v) is 8.08. The molecule has 2 N–H and O–H groups in total. The van der Waals surface area contributed by atoms with E-state index in [9.17, 15) is 0 Å². The summed E-state index contributed by atoms with van der Waals surface area (Å²) < 4.78 is 1.98. The lowest BCUT2D eigenvalue weighted by Crippen LogP contribution is -2.37. The van der Waals surface area contributed by atoms with Gasteiger partial charge in [0.15, 0.2) is 17.4 Å². The second-order valence-electron chi connectivity index (χ2n) is 6.86. The first-order valence-corrected chi connectivity index (χ1v) is 11.2. The van der Waals surface area contributed by atoms with Crippen LogP contribution in [0, 0.1) is 0 Å². The number of fused-ring (bicyclic) bond motifs is 1. The minimum atomic E-state index is 0. The lowest BCUT2D eigenvalue weighted by Gasteiger charge is -2.28. The van der Waals surface area contributed by atoms with Crippen LogP contribution in [0.4, 0.5) is 5.69 Å². The highest BCUT2D eigenvalue weighted by Crippen LogP contribution is 2.20. The summed E-state index contributed by atoms with van der Waals surface area (Å²) in [6.45, 7) is 6.32. The SMILES string of the molecule is CCNC(=NCc1ccc(N2CCSCC2)cc1)NCc1nnc2ccccn12.I. The first kappa shape index (κ1) is 22.7. The van der Waals surface area contributed by atoms with E-state index in [0.29, 0.717) is 13.1 Å². The Morgan fingerprint density at radius 1 is 1.07 bits per heavy atom. The summed E-state index contributed by atoms with van der Waals surface area (Å²) in [6, 6.07) is 14.7. The van der Waals surface area contributed by atoms with E-state index in [2.05, 4.69) is 56.9 Å². The van der Waals surface area contributed by atoms with Gasteiger partial charge in [-0.15, -0.1) is 34.2 Å². The Morgan fingerprint density at radius 3 is 2.63 bits per heavy atom. The standard InChI is InChI=1S/C21H27N7S.HI/c1-2-22-21(24-16-20-26-25-19-5-3-4-10-28(19)20)23-15-17-6-8-18(9-7-17)27-11-13-29-14-12-27;/h3-10H,2,11-16H2,1H3,(H2,22,23,24);1H. The number of thioether (sulfide) groups is 1. The predicted octanol–water partition coefficient (Wildman–Crippen LogP) is 3.16. The Morgan fingerprint density at radius 2 is 1.87 bits per heavy atom. The van der Waals surface area contributed by atoms with Gasteiger partial charge in [0, 0.05) is 43.0 Å². The van der Waals surface area contributed by atoms with Gasteiger partial charge < -0.3 is 15.5 Å². The van der Waals surface area contributed by atoms with Gasteiger partial charge in [-0.25, -0.2) is 4.99 Å². The molecule has 1 saturated heterocycles. The summed E-state index contributed by atoms with van der Waals surface area (Å²) >= 11 is 2.03. The van der Waals surface area contributed by atoms with Gasteiger partial charge in [0.2, 0.25) is 0 Å². The highest BCUT2D eigenvalue weighted by Gasteiger charge is 2.11. The Hall–Kier alpha value is -2.01. The minimum absolute atomic E-state index is 0. The van der Waals surface area contributed by atoms with Crippen LogP contribution < -0.4 is 15.5 Å². The quantitative estimate of drug-likeness (QED) is 0.286. The Kier molecular flexibility index (Phi) is 8.61. The van der Waals surface area contributed by atoms with Crippen LogP contribution in [0.1, 0.15) is 18.3 Å². The number of aromatic nitrogens is 3. The molecule has 160 valence electrons. The smallest absolute Gasteiger partial charge is 0.191 e. The average molecular weight is 537 g/mol. The summed E-state index contributed by atoms with van der Waals surface area (Å²) in [5, 5.41) is 15.1. The van der Waals surface area contributed by atoms with Crippen LogP contribution >= 0.6 is 35.7 Å². The van der Waals surface area contributed by atoms with Crippen molar-refractivity contribution in [1.29, 1.82) is 0 Å². The molecule has 3 aromatic rings. The van der Waals surface area contributed by atoms with Crippen LogP contribution in [0.2, 0.25) is 0 Å². The lowest BCUT2D eigenvalue weighted by molar-refractivity contribution is 0.765. The fourth-order valence-electron chi connectivity index (χ4n) is 3.32. The number of anilines is 1. The Bertz CT molecular complexity index is 951. The number of halogens is 1. The van der Waals surface area contributed by atoms with Crippen molar-refractivity contribution in [1.82, 2.24) is 25.2 Å². The highest BCUT2D eigenvalue weighted by atomic mass is 127. The third-order valence-electron chi connectivity index (χ3n) is 4.87. The average Bonchev–Trinajstić information content (AvgIpc) is 3.20. The molecular formula is C21H28IN7S. The Balaban J connectivity index is 0.00000256. The maximum Gasteiger partial charge on any atom is 0.191 e. The number of hydrogen-bond acceptors (Lipinski definition) is 5. The molecule has 3 heterocycles. The molecule has 0 amide bonds. The molecule has 0 atom stereocenters. The molecule has 9 heteroatoms. The number of rotatable bonds is 6. The Labute approximate surface area is 198 Å². The van der Waals surface area contributed by atoms with Gasteiger partial charge in [0.1, 0.15) is 0 Å². The van der Waals surface area contributed by atoms with E-state index in [1.807, 2.05) is 40.6 Å². The number of nitrogens with zero attached hydrogens (tertiary/aromatic N) is 5. The molecule has 0 radical (unpaired) electrons. The van der Waals surface area contributed by atoms with Crippen molar-refractivity contribution in [2.24, 2.45) is 4.99 Å². The summed E-state index contributed by atoms with van der Waals surface area (Å²) in [5.74, 6) is 4.06. The fourth-order valence-corrected chi connectivity index (χ4v) is 4.22. The van der Waals surface area contributed by atoms with Crippen molar-refractivity contribution >= 4 is 53.0 Å². The molecule has 7 nitrogen and oxygen atoms in total. The van der Waals surface area contributed by atoms with Gasteiger partial charge in [-0.2, -0.15) is 11.8 Å². The number of benzene rings is 1. The van der Waals surface area contributed by atoms with Gasteiger partial charge in [-0.3, -0.25) is 4.40 Å². The zero-order valence-corrected chi connectivity index (χ0v) is 20.3. The lowest BCUT2D eigenvalue weighted by atomic mass is 10.2. The van der Waals surface area contributed by atoms with E-state index in [4.69, 9.17) is 4.99 Å². The molecule has 0 bridgehead atoms. The second kappa shape index (κ2) is 11.4. The van der Waals surface area contributed by atoms with Gasteiger partial charge in [0.25, 0.3) is 0 Å². The molecule has 1 aliphatic heterocycles. The summed E-state index contributed by atoms with van der Waals surface area (Å²) in [6.07, 6.45) is 1.97. The zero-order chi connectivity index (χ0) is 19.9. The van der Waals surface area contributed by atoms with Gasteiger partial charge in [-0.1, -0.05) is 18.2 Å². The third-order valence-corrected chi connectivity index (χ3v) is 5.82. The van der Waals surface area contributed by atoms with E-state index < -0.39 is 0 Å². The van der Waals surface area contributed by atoms with Crippen molar-refractivity contribution in [2.75, 3.05) is 36.0 Å². The van der Waals surface area contributed by atoms with Crippen molar-refractivity contribution in [3.8, 4) is 0 Å². The van der Waals surface area contributed by atoms with Crippen LogP contribution in [-0.2, 0) is 13.1 Å². The van der Waals surface area contributed by atoms with E-state index in [1.54, 1.807) is 0 Å². The van der Waals surface area contributed by atoms with Crippen LogP contribution in [-0.4, -0.2) is 51.7 Å². The molecule has 1 aliphatic rings. The van der Waals surface area contributed by atoms with Crippen molar-refractivity contribution in [3.63, 3.8) is 0 Å². The highest BCUT2D eigenvalue weighted by molar-refractivity contribution is 14.0. The van der Waals surface area contributed by atoms with Crippen molar-refractivity contribution in [2.45, 2.75) is 20.0 Å².